The van der Waals surface area contributed by atoms with Crippen molar-refractivity contribution >= 4 is 16.8 Å². The maximum atomic E-state index is 11.7. The first-order valence-corrected chi connectivity index (χ1v) is 6.75. The van der Waals surface area contributed by atoms with Gasteiger partial charge in [0.05, 0.1) is 0 Å². The minimum atomic E-state index is -0.0340. The largest absolute Gasteiger partial charge is 0.662 e. The van der Waals surface area contributed by atoms with Gasteiger partial charge in [0.2, 0.25) is 0 Å². The number of hydrogen-bond donors (Lipinski definition) is 1. The Labute approximate surface area is 144 Å². The van der Waals surface area contributed by atoms with Crippen LogP contribution in [0.1, 0.15) is 29.2 Å². The standard InChI is InChI=1S/C15H18N3O.Y/c1-16-15(19)12-3-2-11-6-9-18(14(11)10-12)13-4-7-17-8-5-13;/h2-3,6,9-10,13H,4-5,7-8H2,1H3,(H,16,19);/q-1;. The summed E-state index contributed by atoms with van der Waals surface area (Å²) in [7, 11) is 1.66. The van der Waals surface area contributed by atoms with Crippen molar-refractivity contribution in [3.05, 3.63) is 41.3 Å². The van der Waals surface area contributed by atoms with E-state index in [1.165, 1.54) is 5.39 Å². The van der Waals surface area contributed by atoms with Crippen LogP contribution in [0, 0.1) is 0 Å². The van der Waals surface area contributed by atoms with Gasteiger partial charge in [-0.3, -0.25) is 4.79 Å². The molecule has 1 amide bonds. The van der Waals surface area contributed by atoms with E-state index in [-0.39, 0.29) is 38.6 Å². The average Bonchev–Trinajstić information content (AvgIpc) is 2.90. The molecule has 0 saturated carbocycles. The number of fused-ring (bicyclic) bond motifs is 1. The maximum Gasteiger partial charge on any atom is 0.251 e. The van der Waals surface area contributed by atoms with E-state index in [1.807, 2.05) is 18.2 Å². The molecule has 1 saturated heterocycles. The van der Waals surface area contributed by atoms with Gasteiger partial charge in [0.1, 0.15) is 0 Å². The van der Waals surface area contributed by atoms with Gasteiger partial charge < -0.3 is 15.2 Å². The van der Waals surface area contributed by atoms with Crippen molar-refractivity contribution in [1.82, 2.24) is 9.88 Å². The van der Waals surface area contributed by atoms with Gasteiger partial charge in [-0.25, -0.2) is 0 Å². The molecule has 1 N–H and O–H groups in total. The van der Waals surface area contributed by atoms with Gasteiger partial charge in [0.15, 0.2) is 0 Å². The zero-order valence-corrected chi connectivity index (χ0v) is 14.5. The van der Waals surface area contributed by atoms with Crippen molar-refractivity contribution in [2.45, 2.75) is 18.9 Å². The summed E-state index contributed by atoms with van der Waals surface area (Å²) in [5, 5.41) is 8.26. The summed E-state index contributed by atoms with van der Waals surface area (Å²) in [5.41, 5.74) is 1.86. The van der Waals surface area contributed by atoms with Crippen LogP contribution >= 0.6 is 0 Å². The van der Waals surface area contributed by atoms with Crippen molar-refractivity contribution in [3.63, 3.8) is 0 Å². The monoisotopic (exact) mass is 345 g/mol. The molecule has 103 valence electrons. The summed E-state index contributed by atoms with van der Waals surface area (Å²) in [4.78, 5) is 11.7. The fourth-order valence-electron chi connectivity index (χ4n) is 2.77. The molecular weight excluding hydrogens is 327 g/mol. The molecule has 5 heteroatoms. The van der Waals surface area contributed by atoms with Crippen LogP contribution in [-0.2, 0) is 32.7 Å². The average molecular weight is 345 g/mol. The molecule has 1 fully saturated rings. The molecule has 1 aliphatic heterocycles. The number of carbonyl (C=O) groups excluding carboxylic acids is 1. The summed E-state index contributed by atoms with van der Waals surface area (Å²) in [6.45, 7) is 1.89. The molecule has 0 aliphatic carbocycles. The maximum absolute atomic E-state index is 11.7. The van der Waals surface area contributed by atoms with Gasteiger partial charge in [-0.05, 0) is 23.6 Å². The number of aromatic nitrogens is 1. The number of benzene rings is 1. The second-order valence-corrected chi connectivity index (χ2v) is 4.98. The van der Waals surface area contributed by atoms with Crippen LogP contribution in [0.4, 0.5) is 0 Å². The smallest absolute Gasteiger partial charge is 0.251 e. The number of carbonyl (C=O) groups is 1. The van der Waals surface area contributed by atoms with Gasteiger partial charge in [0.25, 0.3) is 5.91 Å². The second-order valence-electron chi connectivity index (χ2n) is 4.98. The summed E-state index contributed by atoms with van der Waals surface area (Å²) < 4.78 is 2.30. The van der Waals surface area contributed by atoms with E-state index in [2.05, 4.69) is 27.5 Å². The molecule has 3 rings (SSSR count). The van der Waals surface area contributed by atoms with E-state index in [1.54, 1.807) is 7.05 Å². The van der Waals surface area contributed by atoms with Crippen LogP contribution < -0.4 is 5.32 Å². The minimum absolute atomic E-state index is 0. The molecular formula is C15H18N3OY-. The van der Waals surface area contributed by atoms with Crippen LogP contribution in [0.25, 0.3) is 16.2 Å². The van der Waals surface area contributed by atoms with Crippen molar-refractivity contribution < 1.29 is 37.5 Å². The Bertz CT molecular complexity index is 602. The molecule has 1 aliphatic rings. The third-order valence-electron chi connectivity index (χ3n) is 3.85. The zero-order valence-electron chi connectivity index (χ0n) is 11.7. The van der Waals surface area contributed by atoms with Crippen LogP contribution in [-0.4, -0.2) is 30.6 Å². The topological polar surface area (TPSA) is 48.1 Å². The van der Waals surface area contributed by atoms with Gasteiger partial charge in [0, 0.05) is 63.1 Å². The molecule has 0 bridgehead atoms. The number of rotatable bonds is 2. The van der Waals surface area contributed by atoms with E-state index in [0.29, 0.717) is 6.04 Å². The molecule has 0 atom stereocenters. The Hall–Kier alpha value is -0.706. The first-order chi connectivity index (χ1) is 9.29. The molecule has 1 radical (unpaired) electrons. The van der Waals surface area contributed by atoms with Gasteiger partial charge >= 0.3 is 0 Å². The van der Waals surface area contributed by atoms with Crippen LogP contribution in [0.15, 0.2) is 30.5 Å². The third-order valence-corrected chi connectivity index (χ3v) is 3.85. The van der Waals surface area contributed by atoms with Crippen LogP contribution in [0.2, 0.25) is 0 Å². The van der Waals surface area contributed by atoms with E-state index in [4.69, 9.17) is 0 Å². The normalized spacial score (nSPS) is 15.8. The number of hydrogen-bond acceptors (Lipinski definition) is 1. The van der Waals surface area contributed by atoms with Gasteiger partial charge in [-0.2, -0.15) is 0 Å². The van der Waals surface area contributed by atoms with Crippen molar-refractivity contribution in [2.75, 3.05) is 20.1 Å². The first kappa shape index (κ1) is 15.7. The molecule has 4 nitrogen and oxygen atoms in total. The summed E-state index contributed by atoms with van der Waals surface area (Å²) in [6, 6.07) is 8.51. The number of amides is 1. The second kappa shape index (κ2) is 6.83. The SMILES string of the molecule is CNC(=O)c1ccc2ccn(C3CC[N-]CC3)c2c1.[Y]. The van der Waals surface area contributed by atoms with Gasteiger partial charge in [-0.1, -0.05) is 18.9 Å². The molecule has 1 aromatic carbocycles. The molecule has 20 heavy (non-hydrogen) atoms. The fourth-order valence-corrected chi connectivity index (χ4v) is 2.77. The van der Waals surface area contributed by atoms with E-state index < -0.39 is 0 Å². The molecule has 1 aromatic heterocycles. The summed E-state index contributed by atoms with van der Waals surface area (Å²) in [5.74, 6) is -0.0340. The Kier molecular flexibility index (Phi) is 5.36. The number of nitrogens with one attached hydrogen (secondary N) is 1. The fraction of sp³-hybridized carbons (Fsp3) is 0.400. The molecule has 0 unspecified atom stereocenters. The van der Waals surface area contributed by atoms with E-state index >= 15 is 0 Å². The predicted octanol–water partition coefficient (Wildman–Crippen LogP) is 2.71. The predicted molar refractivity (Wildman–Crippen MR) is 76.7 cm³/mol. The van der Waals surface area contributed by atoms with Crippen LogP contribution in [0.3, 0.4) is 0 Å². The van der Waals surface area contributed by atoms with Crippen molar-refractivity contribution in [3.8, 4) is 0 Å². The number of nitrogens with zero attached hydrogens (tertiary/aromatic N) is 2. The third kappa shape index (κ3) is 2.97. The van der Waals surface area contributed by atoms with Crippen molar-refractivity contribution in [2.24, 2.45) is 0 Å². The van der Waals surface area contributed by atoms with Gasteiger partial charge in [-0.15, -0.1) is 13.1 Å². The van der Waals surface area contributed by atoms with E-state index in [0.717, 1.165) is 37.0 Å². The first-order valence-electron chi connectivity index (χ1n) is 6.75. The summed E-state index contributed by atoms with van der Waals surface area (Å²) in [6.07, 6.45) is 4.32. The van der Waals surface area contributed by atoms with Crippen LogP contribution in [0.5, 0.6) is 0 Å². The zero-order chi connectivity index (χ0) is 13.2. The number of piperidine rings is 1. The molecule has 0 spiro atoms. The Morgan fingerprint density at radius 3 is 2.75 bits per heavy atom. The quantitative estimate of drug-likeness (QED) is 0.894. The Morgan fingerprint density at radius 1 is 1.30 bits per heavy atom. The molecule has 2 heterocycles. The van der Waals surface area contributed by atoms with E-state index in [9.17, 15) is 4.79 Å². The Morgan fingerprint density at radius 2 is 2.05 bits per heavy atom. The van der Waals surface area contributed by atoms with Crippen molar-refractivity contribution in [1.29, 1.82) is 0 Å². The Balaban J connectivity index is 0.00000147. The summed E-state index contributed by atoms with van der Waals surface area (Å²) >= 11 is 0. The minimum Gasteiger partial charge on any atom is -0.662 e. The molecule has 2 aromatic rings.